The molecule has 16 heavy (non-hydrogen) atoms. The first-order chi connectivity index (χ1) is 7.56. The summed E-state index contributed by atoms with van der Waals surface area (Å²) in [4.78, 5) is 24.6. The number of likely N-dealkylation sites (tertiary alicyclic amines) is 1. The van der Waals surface area contributed by atoms with Gasteiger partial charge in [0, 0.05) is 19.5 Å². The van der Waals surface area contributed by atoms with Crippen LogP contribution in [-0.4, -0.2) is 35.0 Å². The number of carboxylic acids is 1. The summed E-state index contributed by atoms with van der Waals surface area (Å²) in [7, 11) is 0. The van der Waals surface area contributed by atoms with E-state index in [0.717, 1.165) is 19.4 Å². The van der Waals surface area contributed by atoms with Crippen molar-refractivity contribution in [2.24, 2.45) is 17.8 Å². The molecule has 1 amide bonds. The van der Waals surface area contributed by atoms with Crippen LogP contribution in [-0.2, 0) is 9.59 Å². The van der Waals surface area contributed by atoms with Crippen LogP contribution in [0.5, 0.6) is 0 Å². The second-order valence-electron chi connectivity index (χ2n) is 5.32. The molecule has 0 spiro atoms. The lowest BCUT2D eigenvalue weighted by Crippen LogP contribution is -2.45. The molecule has 1 aliphatic heterocycles. The third kappa shape index (κ3) is 2.74. The quantitative estimate of drug-likeness (QED) is 0.789. The third-order valence-corrected chi connectivity index (χ3v) is 3.52. The topological polar surface area (TPSA) is 57.6 Å². The maximum Gasteiger partial charge on any atom is 0.308 e. The van der Waals surface area contributed by atoms with Crippen molar-refractivity contribution in [3.8, 4) is 0 Å². The molecule has 0 aromatic carbocycles. The number of piperidine rings is 1. The minimum Gasteiger partial charge on any atom is -0.481 e. The number of aliphatic carboxylic acids is 1. The Morgan fingerprint density at radius 3 is 2.56 bits per heavy atom. The lowest BCUT2D eigenvalue weighted by atomic mass is 9.90. The molecule has 2 fully saturated rings. The van der Waals surface area contributed by atoms with E-state index >= 15 is 0 Å². The summed E-state index contributed by atoms with van der Waals surface area (Å²) in [6.07, 6.45) is 3.65. The van der Waals surface area contributed by atoms with E-state index in [-0.39, 0.29) is 11.8 Å². The summed E-state index contributed by atoms with van der Waals surface area (Å²) < 4.78 is 0. The van der Waals surface area contributed by atoms with Gasteiger partial charge in [0.05, 0.1) is 5.92 Å². The van der Waals surface area contributed by atoms with Crippen LogP contribution in [0.15, 0.2) is 0 Å². The molecular weight excluding hydrogens is 206 g/mol. The van der Waals surface area contributed by atoms with E-state index in [1.807, 2.05) is 6.92 Å². The molecule has 4 nitrogen and oxygen atoms in total. The van der Waals surface area contributed by atoms with Crippen LogP contribution in [0.4, 0.5) is 0 Å². The van der Waals surface area contributed by atoms with E-state index in [1.165, 1.54) is 0 Å². The molecule has 0 radical (unpaired) electrons. The summed E-state index contributed by atoms with van der Waals surface area (Å²) in [6, 6.07) is 0. The maximum atomic E-state index is 11.9. The number of rotatable bonds is 3. The van der Waals surface area contributed by atoms with Gasteiger partial charge in [-0.1, -0.05) is 6.92 Å². The fourth-order valence-corrected chi connectivity index (χ4v) is 2.43. The van der Waals surface area contributed by atoms with Gasteiger partial charge < -0.3 is 10.0 Å². The van der Waals surface area contributed by atoms with Gasteiger partial charge in [-0.2, -0.15) is 0 Å². The SMILES string of the molecule is CC1CC(C(=O)O)CN(C(=O)CC2CC2)C1. The summed E-state index contributed by atoms with van der Waals surface area (Å²) in [5.74, 6) is -0.103. The van der Waals surface area contributed by atoms with Crippen molar-refractivity contribution in [1.82, 2.24) is 4.90 Å². The standard InChI is InChI=1S/C12H19NO3/c1-8-4-10(12(15)16)7-13(6-8)11(14)5-9-2-3-9/h8-10H,2-7H2,1H3,(H,15,16). The summed E-state index contributed by atoms with van der Waals surface area (Å²) in [5, 5.41) is 9.01. The Kier molecular flexibility index (Phi) is 3.17. The van der Waals surface area contributed by atoms with Crippen LogP contribution in [0.1, 0.15) is 32.6 Å². The zero-order valence-electron chi connectivity index (χ0n) is 9.69. The second kappa shape index (κ2) is 4.44. The molecule has 1 N–H and O–H groups in total. The van der Waals surface area contributed by atoms with Crippen LogP contribution in [0, 0.1) is 17.8 Å². The van der Waals surface area contributed by atoms with E-state index in [1.54, 1.807) is 4.90 Å². The molecule has 1 aliphatic carbocycles. The summed E-state index contributed by atoms with van der Waals surface area (Å²) in [5.41, 5.74) is 0. The minimum atomic E-state index is -0.768. The molecule has 0 aromatic heterocycles. The minimum absolute atomic E-state index is 0.153. The van der Waals surface area contributed by atoms with Crippen molar-refractivity contribution in [2.45, 2.75) is 32.6 Å². The fraction of sp³-hybridized carbons (Fsp3) is 0.833. The van der Waals surface area contributed by atoms with Crippen LogP contribution in [0.25, 0.3) is 0 Å². The highest BCUT2D eigenvalue weighted by molar-refractivity contribution is 5.78. The van der Waals surface area contributed by atoms with Gasteiger partial charge in [-0.15, -0.1) is 0 Å². The molecule has 2 rings (SSSR count). The molecule has 1 saturated heterocycles. The zero-order valence-corrected chi connectivity index (χ0v) is 9.69. The van der Waals surface area contributed by atoms with Crippen molar-refractivity contribution in [3.63, 3.8) is 0 Å². The summed E-state index contributed by atoms with van der Waals surface area (Å²) in [6.45, 7) is 3.16. The number of hydrogen-bond donors (Lipinski definition) is 1. The van der Waals surface area contributed by atoms with Crippen LogP contribution in [0.3, 0.4) is 0 Å². The zero-order chi connectivity index (χ0) is 11.7. The van der Waals surface area contributed by atoms with Gasteiger partial charge in [0.2, 0.25) is 5.91 Å². The van der Waals surface area contributed by atoms with Crippen LogP contribution < -0.4 is 0 Å². The molecule has 1 heterocycles. The Labute approximate surface area is 95.6 Å². The third-order valence-electron chi connectivity index (χ3n) is 3.52. The van der Waals surface area contributed by atoms with Crippen molar-refractivity contribution < 1.29 is 14.7 Å². The highest BCUT2D eigenvalue weighted by Gasteiger charge is 2.34. The highest BCUT2D eigenvalue weighted by atomic mass is 16.4. The average molecular weight is 225 g/mol. The number of nitrogens with zero attached hydrogens (tertiary/aromatic N) is 1. The fourth-order valence-electron chi connectivity index (χ4n) is 2.43. The molecule has 0 bridgehead atoms. The van der Waals surface area contributed by atoms with Gasteiger partial charge >= 0.3 is 5.97 Å². The van der Waals surface area contributed by atoms with E-state index in [9.17, 15) is 9.59 Å². The Morgan fingerprint density at radius 1 is 1.31 bits per heavy atom. The van der Waals surface area contributed by atoms with Crippen LogP contribution >= 0.6 is 0 Å². The smallest absolute Gasteiger partial charge is 0.308 e. The predicted molar refractivity (Wildman–Crippen MR) is 58.8 cm³/mol. The van der Waals surface area contributed by atoms with Gasteiger partial charge in [0.1, 0.15) is 0 Å². The Morgan fingerprint density at radius 2 is 2.00 bits per heavy atom. The number of amides is 1. The van der Waals surface area contributed by atoms with Gasteiger partial charge in [-0.3, -0.25) is 9.59 Å². The molecule has 2 atom stereocenters. The van der Waals surface area contributed by atoms with Crippen molar-refractivity contribution in [2.75, 3.05) is 13.1 Å². The summed E-state index contributed by atoms with van der Waals surface area (Å²) >= 11 is 0. The van der Waals surface area contributed by atoms with Gasteiger partial charge in [-0.05, 0) is 31.1 Å². The first-order valence-corrected chi connectivity index (χ1v) is 6.07. The normalized spacial score (nSPS) is 30.2. The Bertz CT molecular complexity index is 299. The van der Waals surface area contributed by atoms with Gasteiger partial charge in [-0.25, -0.2) is 0 Å². The number of hydrogen-bond acceptors (Lipinski definition) is 2. The van der Waals surface area contributed by atoms with E-state index < -0.39 is 5.97 Å². The van der Waals surface area contributed by atoms with Gasteiger partial charge in [0.15, 0.2) is 0 Å². The maximum absolute atomic E-state index is 11.9. The lowest BCUT2D eigenvalue weighted by Gasteiger charge is -2.34. The molecule has 4 heteroatoms. The van der Waals surface area contributed by atoms with Crippen molar-refractivity contribution in [3.05, 3.63) is 0 Å². The van der Waals surface area contributed by atoms with Crippen molar-refractivity contribution in [1.29, 1.82) is 0 Å². The first kappa shape index (κ1) is 11.4. The van der Waals surface area contributed by atoms with E-state index in [4.69, 9.17) is 5.11 Å². The molecule has 90 valence electrons. The van der Waals surface area contributed by atoms with E-state index in [0.29, 0.717) is 31.2 Å². The highest BCUT2D eigenvalue weighted by Crippen LogP contribution is 2.33. The Hall–Kier alpha value is -1.06. The average Bonchev–Trinajstić information content (AvgIpc) is 3.00. The second-order valence-corrected chi connectivity index (χ2v) is 5.32. The van der Waals surface area contributed by atoms with Crippen molar-refractivity contribution >= 4 is 11.9 Å². The molecule has 2 unspecified atom stereocenters. The molecule has 2 aliphatic rings. The van der Waals surface area contributed by atoms with Crippen LogP contribution in [0.2, 0.25) is 0 Å². The van der Waals surface area contributed by atoms with Gasteiger partial charge in [0.25, 0.3) is 0 Å². The predicted octanol–water partition coefficient (Wildman–Crippen LogP) is 1.36. The molecule has 0 aromatic rings. The Balaban J connectivity index is 1.92. The molecular formula is C12H19NO3. The van der Waals surface area contributed by atoms with E-state index in [2.05, 4.69) is 0 Å². The first-order valence-electron chi connectivity index (χ1n) is 6.07. The number of carbonyl (C=O) groups is 2. The molecule has 1 saturated carbocycles. The largest absolute Gasteiger partial charge is 0.481 e. The number of carbonyl (C=O) groups excluding carboxylic acids is 1. The number of carboxylic acid groups (broad SMARTS) is 1. The lowest BCUT2D eigenvalue weighted by molar-refractivity contribution is -0.147. The monoisotopic (exact) mass is 225 g/mol.